The summed E-state index contributed by atoms with van der Waals surface area (Å²) >= 11 is 0. The lowest BCUT2D eigenvalue weighted by atomic mass is 10.0. The van der Waals surface area contributed by atoms with E-state index in [1.807, 2.05) is 43.3 Å². The van der Waals surface area contributed by atoms with Crippen LogP contribution in [0.3, 0.4) is 0 Å². The van der Waals surface area contributed by atoms with E-state index >= 15 is 0 Å². The second-order valence-electron chi connectivity index (χ2n) is 9.07. The van der Waals surface area contributed by atoms with Crippen molar-refractivity contribution >= 4 is 0 Å². The van der Waals surface area contributed by atoms with Crippen LogP contribution in [0.1, 0.15) is 54.9 Å². The fraction of sp³-hybridized carbons (Fsp3) is 0.379. The van der Waals surface area contributed by atoms with Crippen LogP contribution in [0.2, 0.25) is 0 Å². The smallest absolute Gasteiger partial charge is 0.420 e. The maximum Gasteiger partial charge on any atom is 0.420 e. The van der Waals surface area contributed by atoms with Crippen LogP contribution in [0.25, 0.3) is 0 Å². The van der Waals surface area contributed by atoms with Gasteiger partial charge in [0.05, 0.1) is 0 Å². The number of hydrogen-bond acceptors (Lipinski definition) is 2. The van der Waals surface area contributed by atoms with Crippen molar-refractivity contribution in [3.8, 4) is 5.75 Å². The molecule has 0 spiro atoms. The highest BCUT2D eigenvalue weighted by Crippen LogP contribution is 2.41. The molecule has 4 rings (SSSR count). The number of alkyl halides is 3. The lowest BCUT2D eigenvalue weighted by Gasteiger charge is -2.34. The highest BCUT2D eigenvalue weighted by Gasteiger charge is 2.39. The van der Waals surface area contributed by atoms with Crippen molar-refractivity contribution in [1.29, 1.82) is 0 Å². The van der Waals surface area contributed by atoms with Gasteiger partial charge >= 0.3 is 6.18 Å². The van der Waals surface area contributed by atoms with Gasteiger partial charge in [0.15, 0.2) is 0 Å². The van der Waals surface area contributed by atoms with Gasteiger partial charge in [-0.15, -0.1) is 0 Å². The molecule has 5 heteroatoms. The van der Waals surface area contributed by atoms with Crippen LogP contribution >= 0.6 is 0 Å². The minimum atomic E-state index is -4.44. The number of halogens is 3. The average Bonchev–Trinajstić information content (AvgIpc) is 3.28. The van der Waals surface area contributed by atoms with Crippen molar-refractivity contribution in [2.45, 2.75) is 70.4 Å². The Labute approximate surface area is 200 Å². The number of hydrogen-bond donors (Lipinski definition) is 0. The first-order valence-electron chi connectivity index (χ1n) is 12.1. The lowest BCUT2D eigenvalue weighted by molar-refractivity contribution is -0.140. The Balaban J connectivity index is 1.62. The van der Waals surface area contributed by atoms with E-state index in [0.29, 0.717) is 18.4 Å². The zero-order valence-electron chi connectivity index (χ0n) is 19.6. The quantitative estimate of drug-likeness (QED) is 0.320. The van der Waals surface area contributed by atoms with Gasteiger partial charge in [-0.2, -0.15) is 13.2 Å². The van der Waals surface area contributed by atoms with Gasteiger partial charge in [0.1, 0.15) is 17.4 Å². The van der Waals surface area contributed by atoms with Gasteiger partial charge in [0.25, 0.3) is 0 Å². The molecule has 0 amide bonds. The fourth-order valence-corrected chi connectivity index (χ4v) is 5.03. The molecule has 1 saturated carbocycles. The van der Waals surface area contributed by atoms with Gasteiger partial charge in [0.2, 0.25) is 0 Å². The largest absolute Gasteiger partial charge is 0.488 e. The van der Waals surface area contributed by atoms with Crippen LogP contribution in [-0.2, 0) is 25.7 Å². The van der Waals surface area contributed by atoms with Crippen LogP contribution in [-0.4, -0.2) is 17.0 Å². The molecule has 1 fully saturated rings. The predicted octanol–water partition coefficient (Wildman–Crippen LogP) is 7.66. The number of benzene rings is 3. The molecule has 0 saturated heterocycles. The Morgan fingerprint density at radius 3 is 2.00 bits per heavy atom. The summed E-state index contributed by atoms with van der Waals surface area (Å²) in [5, 5.41) is 0. The van der Waals surface area contributed by atoms with Crippen molar-refractivity contribution < 1.29 is 17.9 Å². The Bertz CT molecular complexity index is 995. The molecule has 0 aromatic heterocycles. The highest BCUT2D eigenvalue weighted by molar-refractivity contribution is 5.43. The zero-order valence-corrected chi connectivity index (χ0v) is 19.6. The third-order valence-corrected chi connectivity index (χ3v) is 6.54. The van der Waals surface area contributed by atoms with Crippen LogP contribution < -0.4 is 4.74 Å². The van der Waals surface area contributed by atoms with Gasteiger partial charge in [-0.3, -0.25) is 4.90 Å². The Kier molecular flexibility index (Phi) is 7.94. The summed E-state index contributed by atoms with van der Waals surface area (Å²) in [6.45, 7) is 3.34. The van der Waals surface area contributed by atoms with Crippen LogP contribution in [0.5, 0.6) is 5.75 Å². The van der Waals surface area contributed by atoms with Crippen molar-refractivity contribution in [2.24, 2.45) is 0 Å². The third kappa shape index (κ3) is 6.01. The predicted molar refractivity (Wildman–Crippen MR) is 130 cm³/mol. The minimum Gasteiger partial charge on any atom is -0.488 e. The highest BCUT2D eigenvalue weighted by atomic mass is 19.4. The summed E-state index contributed by atoms with van der Waals surface area (Å²) in [4.78, 5) is 2.37. The van der Waals surface area contributed by atoms with E-state index in [-0.39, 0.29) is 17.9 Å². The number of rotatable bonds is 9. The van der Waals surface area contributed by atoms with Gasteiger partial charge in [0, 0.05) is 19.1 Å². The number of ether oxygens (including phenoxy) is 1. The van der Waals surface area contributed by atoms with Gasteiger partial charge < -0.3 is 4.74 Å². The minimum absolute atomic E-state index is 0.0327. The van der Waals surface area contributed by atoms with Crippen molar-refractivity contribution in [3.63, 3.8) is 0 Å². The molecule has 2 unspecified atom stereocenters. The van der Waals surface area contributed by atoms with Crippen molar-refractivity contribution in [2.75, 3.05) is 0 Å². The first-order chi connectivity index (χ1) is 16.5. The van der Waals surface area contributed by atoms with E-state index < -0.39 is 11.7 Å². The second-order valence-corrected chi connectivity index (χ2v) is 9.07. The Hall–Kier alpha value is -2.79. The summed E-state index contributed by atoms with van der Waals surface area (Å²) in [6.07, 6.45) is -1.10. The normalized spacial score (nSPS) is 18.4. The molecular formula is C29H32F3NO. The fourth-order valence-electron chi connectivity index (χ4n) is 5.03. The van der Waals surface area contributed by atoms with Gasteiger partial charge in [-0.25, -0.2) is 0 Å². The summed E-state index contributed by atoms with van der Waals surface area (Å²) < 4.78 is 48.4. The molecule has 3 aromatic carbocycles. The molecule has 2 nitrogen and oxygen atoms in total. The lowest BCUT2D eigenvalue weighted by Crippen LogP contribution is -2.42. The summed E-state index contributed by atoms with van der Waals surface area (Å²) in [5.74, 6) is -0.0327. The summed E-state index contributed by atoms with van der Waals surface area (Å²) in [5.41, 5.74) is 2.07. The molecule has 0 N–H and O–H groups in total. The molecule has 3 aromatic rings. The van der Waals surface area contributed by atoms with E-state index in [1.165, 1.54) is 17.2 Å². The maximum atomic E-state index is 14.0. The monoisotopic (exact) mass is 467 g/mol. The summed E-state index contributed by atoms with van der Waals surface area (Å²) in [7, 11) is 0. The Morgan fingerprint density at radius 1 is 0.824 bits per heavy atom. The average molecular weight is 468 g/mol. The molecule has 0 aliphatic heterocycles. The molecular weight excluding hydrogens is 435 g/mol. The third-order valence-electron chi connectivity index (χ3n) is 6.54. The standard InChI is InChI=1S/C29H32F3NO/c1-2-11-24-16-9-19-27(28(24)29(30,31)32)34-26-18-10-17-25(26)33(20-22-12-5-3-6-13-22)21-23-14-7-4-8-15-23/h3-9,12-16,19,25-26H,2,10-11,17-18,20-21H2,1H3. The number of aryl methyl sites for hydroxylation is 1. The molecule has 0 bridgehead atoms. The van der Waals surface area contributed by atoms with Gasteiger partial charge in [-0.05, 0) is 48.4 Å². The van der Waals surface area contributed by atoms with E-state index in [4.69, 9.17) is 4.74 Å². The molecule has 0 radical (unpaired) electrons. The molecule has 180 valence electrons. The van der Waals surface area contributed by atoms with Crippen LogP contribution in [0.4, 0.5) is 13.2 Å². The van der Waals surface area contributed by atoms with Gasteiger partial charge in [-0.1, -0.05) is 86.1 Å². The molecule has 34 heavy (non-hydrogen) atoms. The topological polar surface area (TPSA) is 12.5 Å². The molecule has 1 aliphatic rings. The molecule has 0 heterocycles. The van der Waals surface area contributed by atoms with Crippen molar-refractivity contribution in [3.05, 3.63) is 101 Å². The van der Waals surface area contributed by atoms with E-state index in [1.54, 1.807) is 12.1 Å². The maximum absolute atomic E-state index is 14.0. The van der Waals surface area contributed by atoms with E-state index in [0.717, 1.165) is 32.4 Å². The van der Waals surface area contributed by atoms with Crippen molar-refractivity contribution in [1.82, 2.24) is 4.90 Å². The number of nitrogens with zero attached hydrogens (tertiary/aromatic N) is 1. The first-order valence-corrected chi connectivity index (χ1v) is 12.1. The zero-order chi connectivity index (χ0) is 24.0. The SMILES string of the molecule is CCCc1cccc(OC2CCCC2N(Cc2ccccc2)Cc2ccccc2)c1C(F)(F)F. The molecule has 1 aliphatic carbocycles. The Morgan fingerprint density at radius 2 is 1.44 bits per heavy atom. The van der Waals surface area contributed by atoms with Crippen LogP contribution in [0.15, 0.2) is 78.9 Å². The van der Waals surface area contributed by atoms with E-state index in [9.17, 15) is 13.2 Å². The summed E-state index contributed by atoms with van der Waals surface area (Å²) in [6, 6.07) is 25.2. The van der Waals surface area contributed by atoms with E-state index in [2.05, 4.69) is 29.2 Å². The first kappa shape index (κ1) is 24.3. The second kappa shape index (κ2) is 11.1. The van der Waals surface area contributed by atoms with Crippen LogP contribution in [0, 0.1) is 0 Å². The molecule has 2 atom stereocenters.